The van der Waals surface area contributed by atoms with Crippen molar-refractivity contribution < 1.29 is 9.13 Å². The van der Waals surface area contributed by atoms with Crippen molar-refractivity contribution in [2.45, 2.75) is 20.1 Å². The molecule has 0 aliphatic carbocycles. The molecule has 1 heterocycles. The van der Waals surface area contributed by atoms with Crippen LogP contribution < -0.4 is 10.1 Å². The minimum absolute atomic E-state index is 0.238. The van der Waals surface area contributed by atoms with Crippen molar-refractivity contribution in [3.63, 3.8) is 0 Å². The first-order valence-corrected chi connectivity index (χ1v) is 7.71. The summed E-state index contributed by atoms with van der Waals surface area (Å²) in [5.74, 6) is 0.486. The number of hydrogen-bond acceptors (Lipinski definition) is 3. The van der Waals surface area contributed by atoms with Gasteiger partial charge in [-0.3, -0.25) is 0 Å². The summed E-state index contributed by atoms with van der Waals surface area (Å²) in [6.07, 6.45) is 0. The summed E-state index contributed by atoms with van der Waals surface area (Å²) in [6, 6.07) is 6.62. The van der Waals surface area contributed by atoms with Crippen molar-refractivity contribution in [2.75, 3.05) is 6.54 Å². The molecule has 0 bridgehead atoms. The van der Waals surface area contributed by atoms with Crippen LogP contribution in [0.1, 0.15) is 17.4 Å². The highest BCUT2D eigenvalue weighted by atomic mass is 79.9. The van der Waals surface area contributed by atoms with Gasteiger partial charge >= 0.3 is 0 Å². The SMILES string of the molecule is CCNCc1cc(F)ccc1OCc1sccc1Br. The van der Waals surface area contributed by atoms with Crippen LogP contribution in [0.4, 0.5) is 4.39 Å². The average molecular weight is 344 g/mol. The van der Waals surface area contributed by atoms with Crippen molar-refractivity contribution in [1.29, 1.82) is 0 Å². The largest absolute Gasteiger partial charge is 0.488 e. The molecule has 0 aliphatic rings. The molecule has 2 aromatic rings. The predicted octanol–water partition coefficient (Wildman–Crippen LogP) is 4.34. The van der Waals surface area contributed by atoms with E-state index in [2.05, 4.69) is 21.2 Å². The maximum absolute atomic E-state index is 13.3. The summed E-state index contributed by atoms with van der Waals surface area (Å²) >= 11 is 5.10. The third kappa shape index (κ3) is 4.03. The fraction of sp³-hybridized carbons (Fsp3) is 0.286. The second-order valence-electron chi connectivity index (χ2n) is 4.01. The Kier molecular flexibility index (Phi) is 5.36. The van der Waals surface area contributed by atoms with Crippen molar-refractivity contribution in [2.24, 2.45) is 0 Å². The second kappa shape index (κ2) is 7.03. The smallest absolute Gasteiger partial charge is 0.124 e. The fourth-order valence-corrected chi connectivity index (χ4v) is 3.04. The monoisotopic (exact) mass is 343 g/mol. The Bertz CT molecular complexity index is 544. The molecule has 0 atom stereocenters. The lowest BCUT2D eigenvalue weighted by Gasteiger charge is -2.11. The van der Waals surface area contributed by atoms with Gasteiger partial charge in [0.25, 0.3) is 0 Å². The van der Waals surface area contributed by atoms with E-state index in [-0.39, 0.29) is 5.82 Å². The predicted molar refractivity (Wildman–Crippen MR) is 80.1 cm³/mol. The van der Waals surface area contributed by atoms with Crippen LogP contribution in [-0.2, 0) is 13.2 Å². The van der Waals surface area contributed by atoms with Gasteiger partial charge in [0.2, 0.25) is 0 Å². The number of ether oxygens (including phenoxy) is 1. The second-order valence-corrected chi connectivity index (χ2v) is 5.87. The zero-order chi connectivity index (χ0) is 13.7. The maximum atomic E-state index is 13.3. The molecule has 102 valence electrons. The third-order valence-electron chi connectivity index (χ3n) is 2.64. The van der Waals surface area contributed by atoms with Gasteiger partial charge in [0.15, 0.2) is 0 Å². The summed E-state index contributed by atoms with van der Waals surface area (Å²) < 4.78 is 20.1. The van der Waals surface area contributed by atoms with Gasteiger partial charge in [-0.25, -0.2) is 4.39 Å². The molecule has 1 aromatic carbocycles. The first-order chi connectivity index (χ1) is 9.20. The molecule has 0 aliphatic heterocycles. The van der Waals surface area contributed by atoms with Gasteiger partial charge < -0.3 is 10.1 Å². The number of thiophene rings is 1. The van der Waals surface area contributed by atoms with Gasteiger partial charge in [0, 0.05) is 16.6 Å². The number of hydrogen-bond donors (Lipinski definition) is 1. The van der Waals surface area contributed by atoms with Crippen LogP contribution in [0.5, 0.6) is 5.75 Å². The topological polar surface area (TPSA) is 21.3 Å². The molecule has 0 spiro atoms. The molecule has 5 heteroatoms. The van der Waals surface area contributed by atoms with E-state index in [1.165, 1.54) is 12.1 Å². The third-order valence-corrected chi connectivity index (χ3v) is 4.54. The highest BCUT2D eigenvalue weighted by Gasteiger charge is 2.07. The van der Waals surface area contributed by atoms with Crippen LogP contribution in [0.3, 0.4) is 0 Å². The van der Waals surface area contributed by atoms with Gasteiger partial charge in [-0.15, -0.1) is 11.3 Å². The summed E-state index contributed by atoms with van der Waals surface area (Å²) in [4.78, 5) is 1.12. The summed E-state index contributed by atoms with van der Waals surface area (Å²) in [5.41, 5.74) is 0.842. The number of rotatable bonds is 6. The summed E-state index contributed by atoms with van der Waals surface area (Å²) in [6.45, 7) is 3.95. The Labute approximate surface area is 124 Å². The minimum atomic E-state index is -0.238. The van der Waals surface area contributed by atoms with Crippen LogP contribution in [0.15, 0.2) is 34.1 Å². The number of halogens is 2. The molecule has 1 aromatic heterocycles. The highest BCUT2D eigenvalue weighted by Crippen LogP contribution is 2.26. The van der Waals surface area contributed by atoms with Crippen LogP contribution in [0.2, 0.25) is 0 Å². The lowest BCUT2D eigenvalue weighted by molar-refractivity contribution is 0.304. The van der Waals surface area contributed by atoms with E-state index in [4.69, 9.17) is 4.74 Å². The molecule has 0 amide bonds. The van der Waals surface area contributed by atoms with E-state index in [9.17, 15) is 4.39 Å². The maximum Gasteiger partial charge on any atom is 0.124 e. The van der Waals surface area contributed by atoms with E-state index >= 15 is 0 Å². The first-order valence-electron chi connectivity index (χ1n) is 6.04. The normalized spacial score (nSPS) is 10.7. The lowest BCUT2D eigenvalue weighted by atomic mass is 10.2. The van der Waals surface area contributed by atoms with E-state index in [1.54, 1.807) is 17.4 Å². The Balaban J connectivity index is 2.08. The quantitative estimate of drug-likeness (QED) is 0.842. The van der Waals surface area contributed by atoms with E-state index in [1.807, 2.05) is 18.4 Å². The zero-order valence-electron chi connectivity index (χ0n) is 10.6. The number of benzene rings is 1. The molecule has 1 N–H and O–H groups in total. The molecular formula is C14H15BrFNOS. The Morgan fingerprint density at radius 1 is 1.37 bits per heavy atom. The van der Waals surface area contributed by atoms with Crippen LogP contribution in [0.25, 0.3) is 0 Å². The first kappa shape index (κ1) is 14.5. The minimum Gasteiger partial charge on any atom is -0.488 e. The Morgan fingerprint density at radius 2 is 2.21 bits per heavy atom. The Hall–Kier alpha value is -0.910. The molecule has 0 radical (unpaired) electrons. The summed E-state index contributed by atoms with van der Waals surface area (Å²) in [5, 5.41) is 5.19. The summed E-state index contributed by atoms with van der Waals surface area (Å²) in [7, 11) is 0. The van der Waals surface area contributed by atoms with Gasteiger partial charge in [0.1, 0.15) is 18.2 Å². The number of nitrogens with one attached hydrogen (secondary N) is 1. The highest BCUT2D eigenvalue weighted by molar-refractivity contribution is 9.10. The van der Waals surface area contributed by atoms with Crippen molar-refractivity contribution >= 4 is 27.3 Å². The van der Waals surface area contributed by atoms with Gasteiger partial charge in [0.05, 0.1) is 4.88 Å². The van der Waals surface area contributed by atoms with E-state index in [0.717, 1.165) is 27.2 Å². The lowest BCUT2D eigenvalue weighted by Crippen LogP contribution is -2.13. The van der Waals surface area contributed by atoms with Gasteiger partial charge in [-0.2, -0.15) is 0 Å². The molecule has 2 nitrogen and oxygen atoms in total. The van der Waals surface area contributed by atoms with Crippen molar-refractivity contribution in [3.05, 3.63) is 50.4 Å². The molecular weight excluding hydrogens is 329 g/mol. The zero-order valence-corrected chi connectivity index (χ0v) is 13.0. The average Bonchev–Trinajstić information content (AvgIpc) is 2.81. The van der Waals surface area contributed by atoms with Crippen LogP contribution >= 0.6 is 27.3 Å². The van der Waals surface area contributed by atoms with Crippen LogP contribution in [0, 0.1) is 5.82 Å². The van der Waals surface area contributed by atoms with Crippen molar-refractivity contribution in [3.8, 4) is 5.75 Å². The molecule has 0 saturated carbocycles. The fourth-order valence-electron chi connectivity index (χ4n) is 1.66. The van der Waals surface area contributed by atoms with Crippen molar-refractivity contribution in [1.82, 2.24) is 5.32 Å². The molecule has 19 heavy (non-hydrogen) atoms. The van der Waals surface area contributed by atoms with E-state index in [0.29, 0.717) is 13.2 Å². The molecule has 0 fully saturated rings. The van der Waals surface area contributed by atoms with Gasteiger partial charge in [-0.1, -0.05) is 6.92 Å². The van der Waals surface area contributed by atoms with Crippen LogP contribution in [-0.4, -0.2) is 6.54 Å². The molecule has 0 unspecified atom stereocenters. The Morgan fingerprint density at radius 3 is 2.89 bits per heavy atom. The molecule has 0 saturated heterocycles. The molecule has 2 rings (SSSR count). The van der Waals surface area contributed by atoms with Gasteiger partial charge in [-0.05, 0) is 52.1 Å². The standard InChI is InChI=1S/C14H15BrFNOS/c1-2-17-8-10-7-11(16)3-4-13(10)18-9-14-12(15)5-6-19-14/h3-7,17H,2,8-9H2,1H3. The van der Waals surface area contributed by atoms with E-state index < -0.39 is 0 Å².